The van der Waals surface area contributed by atoms with Crippen molar-refractivity contribution in [2.75, 3.05) is 0 Å². The summed E-state index contributed by atoms with van der Waals surface area (Å²) >= 11 is 0. The van der Waals surface area contributed by atoms with E-state index in [1.807, 2.05) is 0 Å². The molecule has 3 heteroatoms. The van der Waals surface area contributed by atoms with Crippen LogP contribution >= 0.6 is 0 Å². The Labute approximate surface area is 136 Å². The first-order chi connectivity index (χ1) is 8.18. The van der Waals surface area contributed by atoms with E-state index in [2.05, 4.69) is 20.4 Å². The fraction of sp³-hybridized carbons (Fsp3) is 0.733. The van der Waals surface area contributed by atoms with Gasteiger partial charge < -0.3 is 12.0 Å². The number of hydrogen-bond acceptors (Lipinski definition) is 1. The first-order valence-corrected chi connectivity index (χ1v) is 6.83. The number of hydrogen-bond donors (Lipinski definition) is 1. The summed E-state index contributed by atoms with van der Waals surface area (Å²) in [7, 11) is 0. The molecule has 0 rings (SSSR count). The summed E-state index contributed by atoms with van der Waals surface area (Å²) in [6, 6.07) is 0. The van der Waals surface area contributed by atoms with Gasteiger partial charge in [-0.1, -0.05) is 71.3 Å². The van der Waals surface area contributed by atoms with E-state index in [1.54, 1.807) is 0 Å². The van der Waals surface area contributed by atoms with Gasteiger partial charge in [-0.15, -0.1) is 0 Å². The predicted molar refractivity (Wildman–Crippen MR) is 75.0 cm³/mol. The molecular formula is C15H29NaO2. The number of carbonyl (C=O) groups is 1. The molecular weight excluding hydrogens is 235 g/mol. The topological polar surface area (TPSA) is 37.3 Å². The molecule has 0 radical (unpaired) electrons. The molecule has 0 fully saturated rings. The fourth-order valence-electron chi connectivity index (χ4n) is 1.49. The van der Waals surface area contributed by atoms with Crippen LogP contribution in [0.2, 0.25) is 0 Å². The summed E-state index contributed by atoms with van der Waals surface area (Å²) in [5.41, 5.74) is 0. The van der Waals surface area contributed by atoms with Crippen molar-refractivity contribution in [1.82, 2.24) is 0 Å². The Morgan fingerprint density at radius 2 is 1.39 bits per heavy atom. The molecule has 1 N–H and O–H groups in total. The number of carboxylic acid groups (broad SMARTS) is 1. The maximum atomic E-state index is 9.25. The average Bonchev–Trinajstić information content (AvgIpc) is 2.33. The normalized spacial score (nSPS) is 8.78. The zero-order chi connectivity index (χ0) is 13.4. The van der Waals surface area contributed by atoms with Gasteiger partial charge in [0, 0.05) is 6.08 Å². The maximum Gasteiger partial charge on any atom is 1.00 e. The molecule has 0 aliphatic rings. The molecule has 0 aromatic carbocycles. The molecule has 18 heavy (non-hydrogen) atoms. The Balaban J connectivity index is -0.000000321. The SMILES string of the molecule is C=CC(=O)O.[CH2-]CCCCCCCCCCC.[Na+]. The number of carboxylic acids is 1. The number of rotatable bonds is 10. The Morgan fingerprint density at radius 1 is 1.06 bits per heavy atom. The van der Waals surface area contributed by atoms with E-state index < -0.39 is 5.97 Å². The Kier molecular flexibility index (Phi) is 29.0. The summed E-state index contributed by atoms with van der Waals surface area (Å²) in [6.07, 6.45) is 14.7. The zero-order valence-corrected chi connectivity index (χ0v) is 14.4. The van der Waals surface area contributed by atoms with E-state index in [0.29, 0.717) is 0 Å². The van der Waals surface area contributed by atoms with Gasteiger partial charge in [0.1, 0.15) is 0 Å². The van der Waals surface area contributed by atoms with Crippen LogP contribution in [0, 0.1) is 6.92 Å². The smallest absolute Gasteiger partial charge is 0.478 e. The third-order valence-corrected chi connectivity index (χ3v) is 2.53. The number of unbranched alkanes of at least 4 members (excludes halogenated alkanes) is 9. The summed E-state index contributed by atoms with van der Waals surface area (Å²) < 4.78 is 0. The van der Waals surface area contributed by atoms with Gasteiger partial charge in [-0.05, 0) is 0 Å². The van der Waals surface area contributed by atoms with E-state index in [1.165, 1.54) is 57.8 Å². The van der Waals surface area contributed by atoms with Crippen molar-refractivity contribution >= 4 is 5.97 Å². The molecule has 0 spiro atoms. The van der Waals surface area contributed by atoms with Crippen LogP contribution in [-0.2, 0) is 4.79 Å². The first-order valence-electron chi connectivity index (χ1n) is 6.83. The van der Waals surface area contributed by atoms with Crippen molar-refractivity contribution in [3.8, 4) is 0 Å². The van der Waals surface area contributed by atoms with Crippen LogP contribution in [0.1, 0.15) is 71.1 Å². The Hall–Kier alpha value is 0.210. The molecule has 0 amide bonds. The van der Waals surface area contributed by atoms with Crippen LogP contribution in [0.5, 0.6) is 0 Å². The average molecular weight is 264 g/mol. The molecule has 0 bridgehead atoms. The summed E-state index contributed by atoms with van der Waals surface area (Å²) in [4.78, 5) is 9.25. The van der Waals surface area contributed by atoms with Crippen LogP contribution in [0.3, 0.4) is 0 Å². The van der Waals surface area contributed by atoms with E-state index in [-0.39, 0.29) is 29.6 Å². The second-order valence-corrected chi connectivity index (χ2v) is 4.22. The molecule has 2 nitrogen and oxygen atoms in total. The van der Waals surface area contributed by atoms with Crippen molar-refractivity contribution < 1.29 is 39.5 Å². The van der Waals surface area contributed by atoms with E-state index >= 15 is 0 Å². The molecule has 0 saturated carbocycles. The standard InChI is InChI=1S/C12H25.C3H4O2.Na/c1-3-5-7-9-11-12-10-8-6-4-2;1-2-3(4)5;/h1,3-12H2,2H3;2H,1H2,(H,4,5);/q-1;;+1. The van der Waals surface area contributed by atoms with Crippen molar-refractivity contribution in [2.45, 2.75) is 71.1 Å². The second kappa shape index (κ2) is 22.4. The quantitative estimate of drug-likeness (QED) is 0.284. The largest absolute Gasteiger partial charge is 1.00 e. The van der Waals surface area contributed by atoms with Crippen LogP contribution < -0.4 is 29.6 Å². The van der Waals surface area contributed by atoms with Crippen LogP contribution in [0.25, 0.3) is 0 Å². The van der Waals surface area contributed by atoms with Crippen molar-refractivity contribution in [2.24, 2.45) is 0 Å². The van der Waals surface area contributed by atoms with Crippen molar-refractivity contribution in [3.05, 3.63) is 19.6 Å². The minimum absolute atomic E-state index is 0. The molecule has 0 aromatic rings. The molecule has 0 saturated heterocycles. The Bertz CT molecular complexity index is 160. The number of aliphatic carboxylic acids is 1. The molecule has 0 aromatic heterocycles. The van der Waals surface area contributed by atoms with Gasteiger partial charge in [-0.3, -0.25) is 0 Å². The van der Waals surface area contributed by atoms with Crippen molar-refractivity contribution in [3.63, 3.8) is 0 Å². The summed E-state index contributed by atoms with van der Waals surface area (Å²) in [5, 5.41) is 7.60. The van der Waals surface area contributed by atoms with Gasteiger partial charge in [0.05, 0.1) is 0 Å². The molecule has 0 atom stereocenters. The fourth-order valence-corrected chi connectivity index (χ4v) is 1.49. The van der Waals surface area contributed by atoms with E-state index in [9.17, 15) is 4.79 Å². The minimum atomic E-state index is -0.981. The predicted octanol–water partition coefficient (Wildman–Crippen LogP) is 2.00. The third kappa shape index (κ3) is 29.8. The van der Waals surface area contributed by atoms with Gasteiger partial charge in [-0.25, -0.2) is 4.79 Å². The van der Waals surface area contributed by atoms with E-state index in [4.69, 9.17) is 5.11 Å². The van der Waals surface area contributed by atoms with Crippen LogP contribution in [0.4, 0.5) is 0 Å². The van der Waals surface area contributed by atoms with Gasteiger partial charge in [0.15, 0.2) is 0 Å². The van der Waals surface area contributed by atoms with Gasteiger partial charge in [-0.2, -0.15) is 6.42 Å². The van der Waals surface area contributed by atoms with Crippen LogP contribution in [-0.4, -0.2) is 11.1 Å². The van der Waals surface area contributed by atoms with Gasteiger partial charge in [0.2, 0.25) is 0 Å². The monoisotopic (exact) mass is 264 g/mol. The van der Waals surface area contributed by atoms with Crippen molar-refractivity contribution in [1.29, 1.82) is 0 Å². The minimum Gasteiger partial charge on any atom is -0.478 e. The first kappa shape index (κ1) is 23.3. The molecule has 0 aliphatic heterocycles. The van der Waals surface area contributed by atoms with Gasteiger partial charge >= 0.3 is 35.5 Å². The third-order valence-electron chi connectivity index (χ3n) is 2.53. The molecule has 0 unspecified atom stereocenters. The zero-order valence-electron chi connectivity index (χ0n) is 12.4. The van der Waals surface area contributed by atoms with E-state index in [0.717, 1.165) is 12.5 Å². The summed E-state index contributed by atoms with van der Waals surface area (Å²) in [6.45, 7) is 9.08. The maximum absolute atomic E-state index is 9.25. The molecule has 102 valence electrons. The second-order valence-electron chi connectivity index (χ2n) is 4.22. The summed E-state index contributed by atoms with van der Waals surface area (Å²) in [5.74, 6) is -0.981. The molecule has 0 aliphatic carbocycles. The van der Waals surface area contributed by atoms with Crippen LogP contribution in [0.15, 0.2) is 12.7 Å². The Morgan fingerprint density at radius 3 is 1.67 bits per heavy atom. The van der Waals surface area contributed by atoms with Gasteiger partial charge in [0.25, 0.3) is 0 Å². The molecule has 0 heterocycles.